The van der Waals surface area contributed by atoms with Gasteiger partial charge in [0.2, 0.25) is 5.91 Å². The van der Waals surface area contributed by atoms with Gasteiger partial charge in [0.1, 0.15) is 5.82 Å². The number of pyridine rings is 2. The average molecular weight is 438 g/mol. The number of rotatable bonds is 6. The molecule has 4 heterocycles. The van der Waals surface area contributed by atoms with E-state index < -0.39 is 0 Å². The Balaban J connectivity index is 1.34. The molecule has 172 valence electrons. The summed E-state index contributed by atoms with van der Waals surface area (Å²) in [5.74, 6) is 1.52. The average Bonchev–Trinajstić information content (AvgIpc) is 2.79. The number of nitrogens with zero attached hydrogens (tertiary/aromatic N) is 4. The van der Waals surface area contributed by atoms with E-state index in [1.165, 1.54) is 0 Å². The van der Waals surface area contributed by atoms with Crippen LogP contribution in [0.25, 0.3) is 0 Å². The Morgan fingerprint density at radius 3 is 2.56 bits per heavy atom. The summed E-state index contributed by atoms with van der Waals surface area (Å²) in [4.78, 5) is 26.7. The van der Waals surface area contributed by atoms with Gasteiger partial charge in [-0.15, -0.1) is 0 Å². The minimum absolute atomic E-state index is 0.0272. The van der Waals surface area contributed by atoms with Gasteiger partial charge in [-0.3, -0.25) is 14.7 Å². The van der Waals surface area contributed by atoms with Crippen molar-refractivity contribution in [2.75, 3.05) is 51.3 Å². The second kappa shape index (κ2) is 10.4. The lowest BCUT2D eigenvalue weighted by Crippen LogP contribution is -2.46. The second-order valence-electron chi connectivity index (χ2n) is 9.12. The van der Waals surface area contributed by atoms with Gasteiger partial charge in [-0.2, -0.15) is 0 Å². The molecule has 32 heavy (non-hydrogen) atoms. The monoisotopic (exact) mass is 437 g/mol. The largest absolute Gasteiger partial charge is 0.379 e. The van der Waals surface area contributed by atoms with Gasteiger partial charge in [0.15, 0.2) is 0 Å². The SMILES string of the molecule is Cc1cccc(Nc2cc(C)nc(C3CCN(C(=O)[C@@H](C)CN4CCOCC4)CC3)c2)n1. The normalized spacial score (nSPS) is 19.0. The number of carbonyl (C=O) groups is 1. The van der Waals surface area contributed by atoms with Crippen molar-refractivity contribution in [1.82, 2.24) is 19.8 Å². The van der Waals surface area contributed by atoms with Crippen LogP contribution in [-0.2, 0) is 9.53 Å². The van der Waals surface area contributed by atoms with E-state index in [2.05, 4.69) is 34.3 Å². The number of anilines is 2. The van der Waals surface area contributed by atoms with E-state index in [1.807, 2.05) is 36.9 Å². The molecule has 0 bridgehead atoms. The maximum Gasteiger partial charge on any atom is 0.226 e. The van der Waals surface area contributed by atoms with Crippen molar-refractivity contribution in [3.63, 3.8) is 0 Å². The quantitative estimate of drug-likeness (QED) is 0.746. The maximum absolute atomic E-state index is 13.0. The highest BCUT2D eigenvalue weighted by atomic mass is 16.5. The third-order valence-corrected chi connectivity index (χ3v) is 6.42. The van der Waals surface area contributed by atoms with Crippen LogP contribution in [0.1, 0.15) is 42.8 Å². The highest BCUT2D eigenvalue weighted by Gasteiger charge is 2.28. The Labute approximate surface area is 191 Å². The van der Waals surface area contributed by atoms with Crippen LogP contribution in [0.5, 0.6) is 0 Å². The molecular weight excluding hydrogens is 402 g/mol. The van der Waals surface area contributed by atoms with Gasteiger partial charge in [-0.1, -0.05) is 13.0 Å². The molecule has 0 saturated carbocycles. The molecule has 2 aromatic heterocycles. The van der Waals surface area contributed by atoms with Crippen LogP contribution >= 0.6 is 0 Å². The zero-order valence-corrected chi connectivity index (χ0v) is 19.5. The van der Waals surface area contributed by atoms with Crippen molar-refractivity contribution >= 4 is 17.4 Å². The fourth-order valence-electron chi connectivity index (χ4n) is 4.69. The number of aryl methyl sites for hydroxylation is 2. The van der Waals surface area contributed by atoms with Gasteiger partial charge < -0.3 is 15.0 Å². The number of morpholine rings is 1. The molecule has 0 aliphatic carbocycles. The van der Waals surface area contributed by atoms with Crippen molar-refractivity contribution in [2.24, 2.45) is 5.92 Å². The van der Waals surface area contributed by atoms with E-state index in [0.717, 1.165) is 87.4 Å². The minimum Gasteiger partial charge on any atom is -0.379 e. The van der Waals surface area contributed by atoms with E-state index in [1.54, 1.807) is 0 Å². The molecule has 0 radical (unpaired) electrons. The summed E-state index contributed by atoms with van der Waals surface area (Å²) in [5, 5.41) is 3.42. The van der Waals surface area contributed by atoms with Crippen molar-refractivity contribution in [3.8, 4) is 0 Å². The first-order chi connectivity index (χ1) is 15.5. The molecule has 2 fully saturated rings. The number of ether oxygens (including phenoxy) is 1. The molecule has 2 saturated heterocycles. The topological polar surface area (TPSA) is 70.6 Å². The number of carbonyl (C=O) groups excluding carboxylic acids is 1. The fourth-order valence-corrected chi connectivity index (χ4v) is 4.69. The molecule has 0 spiro atoms. The van der Waals surface area contributed by atoms with Crippen molar-refractivity contribution < 1.29 is 9.53 Å². The third kappa shape index (κ3) is 5.84. The first-order valence-corrected chi connectivity index (χ1v) is 11.8. The van der Waals surface area contributed by atoms with Crippen LogP contribution in [0.2, 0.25) is 0 Å². The minimum atomic E-state index is 0.0272. The van der Waals surface area contributed by atoms with Gasteiger partial charge in [0.05, 0.1) is 13.2 Å². The van der Waals surface area contributed by atoms with Crippen LogP contribution in [0, 0.1) is 19.8 Å². The van der Waals surface area contributed by atoms with Crippen LogP contribution in [-0.4, -0.2) is 71.6 Å². The predicted molar refractivity (Wildman–Crippen MR) is 126 cm³/mol. The molecule has 0 unspecified atom stereocenters. The summed E-state index contributed by atoms with van der Waals surface area (Å²) in [5.41, 5.74) is 4.10. The summed E-state index contributed by atoms with van der Waals surface area (Å²) in [6.07, 6.45) is 1.91. The Morgan fingerprint density at radius 1 is 1.09 bits per heavy atom. The highest BCUT2D eigenvalue weighted by molar-refractivity contribution is 5.78. The van der Waals surface area contributed by atoms with E-state index in [9.17, 15) is 4.79 Å². The fraction of sp³-hybridized carbons (Fsp3) is 0.560. The number of aromatic nitrogens is 2. The molecule has 1 N–H and O–H groups in total. The Hall–Kier alpha value is -2.51. The number of nitrogens with one attached hydrogen (secondary N) is 1. The Bertz CT molecular complexity index is 920. The number of piperidine rings is 1. The van der Waals surface area contributed by atoms with Crippen molar-refractivity contribution in [3.05, 3.63) is 47.4 Å². The van der Waals surface area contributed by atoms with Crippen molar-refractivity contribution in [1.29, 1.82) is 0 Å². The molecule has 4 rings (SSSR count). The molecular formula is C25H35N5O2. The molecule has 2 aromatic rings. The zero-order chi connectivity index (χ0) is 22.5. The molecule has 7 nitrogen and oxygen atoms in total. The van der Waals surface area contributed by atoms with Gasteiger partial charge in [-0.25, -0.2) is 4.98 Å². The van der Waals surface area contributed by atoms with E-state index in [0.29, 0.717) is 5.92 Å². The maximum atomic E-state index is 13.0. The first-order valence-electron chi connectivity index (χ1n) is 11.8. The van der Waals surface area contributed by atoms with E-state index in [-0.39, 0.29) is 11.8 Å². The van der Waals surface area contributed by atoms with Crippen LogP contribution in [0.3, 0.4) is 0 Å². The van der Waals surface area contributed by atoms with Gasteiger partial charge in [0, 0.05) is 67.3 Å². The molecule has 2 aliphatic rings. The smallest absolute Gasteiger partial charge is 0.226 e. The number of likely N-dealkylation sites (tertiary alicyclic amines) is 1. The van der Waals surface area contributed by atoms with Gasteiger partial charge >= 0.3 is 0 Å². The third-order valence-electron chi connectivity index (χ3n) is 6.42. The molecule has 1 amide bonds. The molecule has 1 atom stereocenters. The molecule has 0 aromatic carbocycles. The lowest BCUT2D eigenvalue weighted by Gasteiger charge is -2.35. The molecule has 7 heteroatoms. The Morgan fingerprint density at radius 2 is 1.84 bits per heavy atom. The van der Waals surface area contributed by atoms with Crippen molar-refractivity contribution in [2.45, 2.75) is 39.5 Å². The van der Waals surface area contributed by atoms with Gasteiger partial charge in [0.25, 0.3) is 0 Å². The second-order valence-corrected chi connectivity index (χ2v) is 9.12. The van der Waals surface area contributed by atoms with Gasteiger partial charge in [-0.05, 0) is 51.0 Å². The number of amides is 1. The van der Waals surface area contributed by atoms with Crippen LogP contribution in [0.15, 0.2) is 30.3 Å². The Kier molecular flexibility index (Phi) is 7.37. The summed E-state index contributed by atoms with van der Waals surface area (Å²) in [7, 11) is 0. The number of hydrogen-bond acceptors (Lipinski definition) is 6. The zero-order valence-electron chi connectivity index (χ0n) is 19.5. The lowest BCUT2D eigenvalue weighted by atomic mass is 9.92. The summed E-state index contributed by atoms with van der Waals surface area (Å²) in [6, 6.07) is 10.2. The molecule has 2 aliphatic heterocycles. The summed E-state index contributed by atoms with van der Waals surface area (Å²) >= 11 is 0. The van der Waals surface area contributed by atoms with E-state index in [4.69, 9.17) is 9.72 Å². The standard InChI is InChI=1S/C25H35N5O2/c1-18(17-29-11-13-32-14-12-29)25(31)30-9-7-21(8-10-30)23-16-22(15-20(3)26-23)28-24-6-4-5-19(2)27-24/h4-6,15-16,18,21H,7-14,17H2,1-3H3,(H,26,27,28)/t18-/m0/s1. The van der Waals surface area contributed by atoms with Crippen LogP contribution < -0.4 is 5.32 Å². The van der Waals surface area contributed by atoms with E-state index >= 15 is 0 Å². The highest BCUT2D eigenvalue weighted by Crippen LogP contribution is 2.30. The first kappa shape index (κ1) is 22.7. The predicted octanol–water partition coefficient (Wildman–Crippen LogP) is 3.51. The van der Waals surface area contributed by atoms with Crippen LogP contribution in [0.4, 0.5) is 11.5 Å². The number of hydrogen-bond donors (Lipinski definition) is 1. The summed E-state index contributed by atoms with van der Waals surface area (Å²) < 4.78 is 5.42. The lowest BCUT2D eigenvalue weighted by molar-refractivity contribution is -0.137. The summed E-state index contributed by atoms with van der Waals surface area (Å²) in [6.45, 7) is 11.9.